The van der Waals surface area contributed by atoms with Crippen molar-refractivity contribution >= 4 is 28.9 Å². The van der Waals surface area contributed by atoms with Crippen molar-refractivity contribution < 1.29 is 18.9 Å². The summed E-state index contributed by atoms with van der Waals surface area (Å²) in [6, 6.07) is 22.9. The molecule has 56 heavy (non-hydrogen) atoms. The van der Waals surface area contributed by atoms with Gasteiger partial charge in [0.15, 0.2) is 0 Å². The molecule has 13 nitrogen and oxygen atoms in total. The highest BCUT2D eigenvalue weighted by atomic mass is 16.5. The van der Waals surface area contributed by atoms with Crippen molar-refractivity contribution in [2.75, 3.05) is 18.4 Å². The molecule has 0 radical (unpaired) electrons. The predicted molar refractivity (Wildman–Crippen MR) is 212 cm³/mol. The summed E-state index contributed by atoms with van der Waals surface area (Å²) in [7, 11) is 0. The van der Waals surface area contributed by atoms with Crippen LogP contribution in [0.4, 0.5) is 5.69 Å². The van der Waals surface area contributed by atoms with Gasteiger partial charge in [0.2, 0.25) is 17.7 Å². The van der Waals surface area contributed by atoms with Crippen LogP contribution in [0.5, 0.6) is 0 Å². The van der Waals surface area contributed by atoms with Crippen molar-refractivity contribution in [1.29, 1.82) is 0 Å². The van der Waals surface area contributed by atoms with Crippen LogP contribution in [0.25, 0.3) is 27.9 Å². The van der Waals surface area contributed by atoms with Gasteiger partial charge < -0.3 is 15.2 Å². The molecule has 3 N–H and O–H groups in total. The molecule has 2 aliphatic heterocycles. The Labute approximate surface area is 324 Å². The van der Waals surface area contributed by atoms with E-state index in [4.69, 9.17) is 4.52 Å². The van der Waals surface area contributed by atoms with Gasteiger partial charge in [0.05, 0.1) is 11.2 Å². The minimum absolute atomic E-state index is 0.0233. The molecule has 0 bridgehead atoms. The van der Waals surface area contributed by atoms with Crippen LogP contribution in [-0.2, 0) is 40.9 Å². The Morgan fingerprint density at radius 1 is 0.964 bits per heavy atom. The lowest BCUT2D eigenvalue weighted by atomic mass is 9.95. The smallest absolute Gasteiger partial charge is 0.292 e. The average molecular weight is 752 g/mol. The minimum atomic E-state index is -0.388. The maximum absolute atomic E-state index is 12.7. The summed E-state index contributed by atoms with van der Waals surface area (Å²) in [6.45, 7) is 11.1. The van der Waals surface area contributed by atoms with Crippen molar-refractivity contribution in [2.24, 2.45) is 0 Å². The number of imide groups is 1. The van der Waals surface area contributed by atoms with Gasteiger partial charge in [-0.25, -0.2) is 9.50 Å². The van der Waals surface area contributed by atoms with Crippen LogP contribution in [-0.4, -0.2) is 66.5 Å². The van der Waals surface area contributed by atoms with E-state index in [1.807, 2.05) is 56.5 Å². The summed E-state index contributed by atoms with van der Waals surface area (Å²) in [5.74, 6) is -0.418. The summed E-state index contributed by atoms with van der Waals surface area (Å²) in [5, 5.41) is 17.0. The Bertz CT molecular complexity index is 2440. The third-order valence-corrected chi connectivity index (χ3v) is 10.6. The summed E-state index contributed by atoms with van der Waals surface area (Å²) < 4.78 is 7.16. The van der Waals surface area contributed by atoms with E-state index in [1.54, 1.807) is 6.33 Å². The first-order chi connectivity index (χ1) is 27.0. The Kier molecular flexibility index (Phi) is 9.94. The molecule has 5 heterocycles. The molecular formula is C43H45N9O4. The maximum Gasteiger partial charge on any atom is 0.292 e. The Morgan fingerprint density at radius 2 is 1.79 bits per heavy atom. The molecule has 1 fully saturated rings. The number of benzene rings is 3. The third-order valence-electron chi connectivity index (χ3n) is 10.6. The lowest BCUT2D eigenvalue weighted by Crippen LogP contribution is -2.47. The molecule has 0 saturated carbocycles. The Hall–Kier alpha value is -6.21. The first-order valence-electron chi connectivity index (χ1n) is 19.1. The van der Waals surface area contributed by atoms with Crippen LogP contribution in [0.15, 0.2) is 83.8 Å². The van der Waals surface area contributed by atoms with Gasteiger partial charge in [-0.3, -0.25) is 24.6 Å². The molecule has 13 heteroatoms. The molecule has 2 aliphatic rings. The van der Waals surface area contributed by atoms with E-state index in [0.29, 0.717) is 25.3 Å². The highest BCUT2D eigenvalue weighted by molar-refractivity contribution is 6.01. The van der Waals surface area contributed by atoms with Crippen molar-refractivity contribution in [2.45, 2.75) is 77.9 Å². The second-order valence-electron chi connectivity index (χ2n) is 15.8. The van der Waals surface area contributed by atoms with Gasteiger partial charge in [-0.1, -0.05) is 62.3 Å². The fourth-order valence-corrected chi connectivity index (χ4v) is 7.30. The zero-order valence-corrected chi connectivity index (χ0v) is 32.1. The molecule has 3 aromatic heterocycles. The number of fused-ring (bicyclic) bond motifs is 2. The molecular weight excluding hydrogens is 707 g/mol. The van der Waals surface area contributed by atoms with Crippen LogP contribution in [0.2, 0.25) is 0 Å². The van der Waals surface area contributed by atoms with Crippen molar-refractivity contribution in [3.63, 3.8) is 0 Å². The molecule has 3 amide bonds. The number of aromatic nitrogens is 5. The number of hydrogen-bond donors (Lipinski definition) is 3. The highest BCUT2D eigenvalue weighted by Crippen LogP contribution is 2.32. The second-order valence-corrected chi connectivity index (χ2v) is 15.8. The van der Waals surface area contributed by atoms with E-state index < -0.39 is 0 Å². The Morgan fingerprint density at radius 3 is 2.55 bits per heavy atom. The quantitative estimate of drug-likeness (QED) is 0.146. The molecule has 1 unspecified atom stereocenters. The lowest BCUT2D eigenvalue weighted by Gasteiger charge is -2.29. The van der Waals surface area contributed by atoms with Crippen LogP contribution in [0, 0.1) is 6.92 Å². The average Bonchev–Trinajstić information content (AvgIpc) is 3.87. The van der Waals surface area contributed by atoms with E-state index in [2.05, 4.69) is 89.7 Å². The summed E-state index contributed by atoms with van der Waals surface area (Å²) >= 11 is 0. The zero-order chi connectivity index (χ0) is 39.0. The minimum Gasteiger partial charge on any atom is -0.374 e. The highest BCUT2D eigenvalue weighted by Gasteiger charge is 2.27. The largest absolute Gasteiger partial charge is 0.374 e. The molecule has 0 aliphatic carbocycles. The van der Waals surface area contributed by atoms with Crippen molar-refractivity contribution in [3.05, 3.63) is 119 Å². The van der Waals surface area contributed by atoms with E-state index in [9.17, 15) is 14.4 Å². The number of anilines is 1. The van der Waals surface area contributed by atoms with Crippen molar-refractivity contribution in [1.82, 2.24) is 40.3 Å². The first kappa shape index (κ1) is 36.8. The maximum atomic E-state index is 12.7. The van der Waals surface area contributed by atoms with Gasteiger partial charge in [-0.2, -0.15) is 10.1 Å². The fraction of sp³-hybridized carbons (Fsp3) is 0.326. The van der Waals surface area contributed by atoms with Crippen molar-refractivity contribution in [3.8, 4) is 22.4 Å². The van der Waals surface area contributed by atoms with Crippen LogP contribution in [0.3, 0.4) is 0 Å². The molecule has 6 aromatic rings. The predicted octanol–water partition coefficient (Wildman–Crippen LogP) is 5.80. The first-order valence-corrected chi connectivity index (χ1v) is 19.1. The topological polar surface area (TPSA) is 160 Å². The number of carbonyl (C=O) groups is 3. The number of hydrogen-bond acceptors (Lipinski definition) is 10. The van der Waals surface area contributed by atoms with Gasteiger partial charge >= 0.3 is 0 Å². The van der Waals surface area contributed by atoms with Crippen LogP contribution >= 0.6 is 0 Å². The zero-order valence-electron chi connectivity index (χ0n) is 32.1. The molecule has 1 atom stereocenters. The van der Waals surface area contributed by atoms with Gasteiger partial charge in [0.25, 0.3) is 11.7 Å². The molecule has 1 saturated heterocycles. The molecule has 3 aromatic carbocycles. The number of nitrogens with one attached hydrogen (secondary N) is 3. The molecule has 286 valence electrons. The van der Waals surface area contributed by atoms with Gasteiger partial charge in [0, 0.05) is 61.0 Å². The number of amides is 3. The van der Waals surface area contributed by atoms with Gasteiger partial charge in [-0.15, -0.1) is 0 Å². The van der Waals surface area contributed by atoms with E-state index >= 15 is 0 Å². The summed E-state index contributed by atoms with van der Waals surface area (Å²) in [4.78, 5) is 47.8. The van der Waals surface area contributed by atoms with E-state index in [-0.39, 0.29) is 35.0 Å². The number of carbonyl (C=O) groups excluding carboxylic acids is 3. The second kappa shape index (κ2) is 15.1. The number of nitrogens with zero attached hydrogens (tertiary/aromatic N) is 6. The lowest BCUT2D eigenvalue weighted by molar-refractivity contribution is -0.133. The molecule has 8 rings (SSSR count). The summed E-state index contributed by atoms with van der Waals surface area (Å²) in [5.41, 5.74) is 11.4. The van der Waals surface area contributed by atoms with Gasteiger partial charge in [0.1, 0.15) is 12.4 Å². The SMILES string of the molecule is Cc1cc(-c2ncnn3cc(-c4ccc5c(c4)CN(CCc4ccc(NC6CCC(=O)NC6=O)cc4)CC5)cc23)ccc1CNC(=O)c1noc(C(C)(C)C)n1. The van der Waals surface area contributed by atoms with E-state index in [0.717, 1.165) is 77.2 Å². The Balaban J connectivity index is 0.909. The summed E-state index contributed by atoms with van der Waals surface area (Å²) in [6.07, 6.45) is 6.43. The van der Waals surface area contributed by atoms with Crippen LogP contribution in [0.1, 0.15) is 77.9 Å². The normalized spacial score (nSPS) is 16.1. The third kappa shape index (κ3) is 7.94. The number of rotatable bonds is 10. The number of piperidine rings is 1. The van der Waals surface area contributed by atoms with Crippen LogP contribution < -0.4 is 16.0 Å². The van der Waals surface area contributed by atoms with E-state index in [1.165, 1.54) is 16.7 Å². The van der Waals surface area contributed by atoms with Gasteiger partial charge in [-0.05, 0) is 89.9 Å². The number of aryl methyl sites for hydroxylation is 1. The molecule has 0 spiro atoms. The fourth-order valence-electron chi connectivity index (χ4n) is 7.30. The standard InChI is InChI=1S/C43H45N9O4/c1-26-19-30(9-10-31(26)22-44-41(55)39-49-42(56-50-39)43(2,3)4)38-36-21-33(24-52(36)46-25-45-38)29-8-7-28-16-18-51(23-32(28)20-29)17-15-27-5-11-34(12-6-27)47-35-13-14-37(53)48-40(35)54/h5-12,19-21,24-25,35,47H,13-18,22-23H2,1-4H3,(H,44,55)(H,48,53,54). The monoisotopic (exact) mass is 751 g/mol.